The number of amides is 1. The number of rotatable bonds is 6. The van der Waals surface area contributed by atoms with E-state index in [4.69, 9.17) is 14.2 Å². The van der Waals surface area contributed by atoms with Crippen LogP contribution in [0.25, 0.3) is 0 Å². The van der Waals surface area contributed by atoms with Gasteiger partial charge in [-0.25, -0.2) is 5.01 Å². The molecule has 0 aliphatic carbocycles. The highest BCUT2D eigenvalue weighted by atomic mass is 16.5. The number of carbonyl (C=O) groups excluding carboxylic acids is 1. The van der Waals surface area contributed by atoms with Crippen molar-refractivity contribution in [3.05, 3.63) is 47.5 Å². The molecule has 1 atom stereocenters. The van der Waals surface area contributed by atoms with Gasteiger partial charge >= 0.3 is 0 Å². The van der Waals surface area contributed by atoms with Gasteiger partial charge in [0.2, 0.25) is 12.2 Å². The van der Waals surface area contributed by atoms with Gasteiger partial charge in [0.15, 0.2) is 11.5 Å². The molecule has 2 aromatic carbocycles. The molecule has 1 unspecified atom stereocenters. The normalized spacial score (nSPS) is 16.2. The second-order valence-corrected chi connectivity index (χ2v) is 5.76. The van der Waals surface area contributed by atoms with Crippen molar-refractivity contribution in [2.24, 2.45) is 5.10 Å². The Morgan fingerprint density at radius 2 is 1.69 bits per heavy atom. The molecule has 1 amide bonds. The van der Waals surface area contributed by atoms with Gasteiger partial charge in [-0.1, -0.05) is 12.1 Å². The molecule has 7 heteroatoms. The lowest BCUT2D eigenvalue weighted by atomic mass is 9.98. The first-order chi connectivity index (χ1) is 12.6. The molecule has 0 spiro atoms. The lowest BCUT2D eigenvalue weighted by molar-refractivity contribution is -0.119. The van der Waals surface area contributed by atoms with Gasteiger partial charge in [-0.05, 0) is 29.8 Å². The molecule has 1 aliphatic rings. The van der Waals surface area contributed by atoms with Crippen LogP contribution in [0.3, 0.4) is 0 Å². The summed E-state index contributed by atoms with van der Waals surface area (Å²) in [7, 11) is 4.64. The molecule has 0 aromatic heterocycles. The van der Waals surface area contributed by atoms with E-state index < -0.39 is 0 Å². The first-order valence-corrected chi connectivity index (χ1v) is 8.01. The lowest BCUT2D eigenvalue weighted by Gasteiger charge is -2.17. The predicted octanol–water partition coefficient (Wildman–Crippen LogP) is 2.73. The Bertz CT molecular complexity index is 807. The number of hydrazone groups is 1. The van der Waals surface area contributed by atoms with Gasteiger partial charge in [-0.15, -0.1) is 0 Å². The molecule has 2 aromatic rings. The SMILES string of the molecule is COc1cc(C2=NN(C=O)C(c3ccc(O)cc3)C2)cc(OC)c1OC. The predicted molar refractivity (Wildman–Crippen MR) is 96.0 cm³/mol. The molecule has 0 radical (unpaired) electrons. The summed E-state index contributed by atoms with van der Waals surface area (Å²) in [6, 6.07) is 10.1. The Kier molecular flexibility index (Phi) is 4.97. The quantitative estimate of drug-likeness (QED) is 0.805. The first kappa shape index (κ1) is 17.6. The van der Waals surface area contributed by atoms with Gasteiger partial charge in [-0.2, -0.15) is 5.10 Å². The molecule has 0 saturated carbocycles. The highest BCUT2D eigenvalue weighted by Crippen LogP contribution is 2.40. The maximum absolute atomic E-state index is 11.5. The van der Waals surface area contributed by atoms with Crippen molar-refractivity contribution in [3.8, 4) is 23.0 Å². The lowest BCUT2D eigenvalue weighted by Crippen LogP contribution is -2.17. The molecular weight excluding hydrogens is 336 g/mol. The zero-order chi connectivity index (χ0) is 18.7. The van der Waals surface area contributed by atoms with Crippen molar-refractivity contribution >= 4 is 12.1 Å². The van der Waals surface area contributed by atoms with E-state index in [0.717, 1.165) is 16.8 Å². The van der Waals surface area contributed by atoms with Crippen LogP contribution in [0, 0.1) is 0 Å². The minimum absolute atomic E-state index is 0.176. The summed E-state index contributed by atoms with van der Waals surface area (Å²) < 4.78 is 16.1. The maximum Gasteiger partial charge on any atom is 0.230 e. The smallest absolute Gasteiger partial charge is 0.230 e. The Morgan fingerprint density at radius 1 is 1.08 bits per heavy atom. The Morgan fingerprint density at radius 3 is 2.19 bits per heavy atom. The van der Waals surface area contributed by atoms with E-state index in [1.54, 1.807) is 45.6 Å². The zero-order valence-electron chi connectivity index (χ0n) is 14.8. The van der Waals surface area contributed by atoms with Crippen LogP contribution < -0.4 is 14.2 Å². The fourth-order valence-electron chi connectivity index (χ4n) is 3.01. The number of hydrogen-bond donors (Lipinski definition) is 1. The summed E-state index contributed by atoms with van der Waals surface area (Å²) in [6.45, 7) is 0. The van der Waals surface area contributed by atoms with Gasteiger partial charge in [0.1, 0.15) is 5.75 Å². The summed E-state index contributed by atoms with van der Waals surface area (Å²) in [5, 5.41) is 15.3. The summed E-state index contributed by atoms with van der Waals surface area (Å²) in [5.41, 5.74) is 2.41. The van der Waals surface area contributed by atoms with Crippen LogP contribution in [0.1, 0.15) is 23.6 Å². The van der Waals surface area contributed by atoms with Crippen LogP contribution in [0.2, 0.25) is 0 Å². The van der Waals surface area contributed by atoms with Gasteiger partial charge in [-0.3, -0.25) is 4.79 Å². The van der Waals surface area contributed by atoms with Gasteiger partial charge in [0.05, 0.1) is 33.1 Å². The van der Waals surface area contributed by atoms with E-state index in [2.05, 4.69) is 5.10 Å². The summed E-state index contributed by atoms with van der Waals surface area (Å²) >= 11 is 0. The number of nitrogens with zero attached hydrogens (tertiary/aromatic N) is 2. The highest BCUT2D eigenvalue weighted by molar-refractivity contribution is 6.03. The average Bonchev–Trinajstić information content (AvgIpc) is 3.11. The van der Waals surface area contributed by atoms with Gasteiger partial charge in [0.25, 0.3) is 0 Å². The van der Waals surface area contributed by atoms with Crippen LogP contribution in [0.4, 0.5) is 0 Å². The van der Waals surface area contributed by atoms with Crippen molar-refractivity contribution in [1.29, 1.82) is 0 Å². The monoisotopic (exact) mass is 356 g/mol. The number of aromatic hydroxyl groups is 1. The fraction of sp³-hybridized carbons (Fsp3) is 0.263. The van der Waals surface area contributed by atoms with Crippen molar-refractivity contribution in [2.75, 3.05) is 21.3 Å². The molecule has 7 nitrogen and oxygen atoms in total. The summed E-state index contributed by atoms with van der Waals surface area (Å²) in [6.07, 6.45) is 1.23. The number of phenolic OH excluding ortho intramolecular Hbond substituents is 1. The Labute approximate surface area is 151 Å². The molecule has 1 aliphatic heterocycles. The van der Waals surface area contributed by atoms with E-state index in [1.807, 2.05) is 12.1 Å². The summed E-state index contributed by atoms with van der Waals surface area (Å²) in [5.74, 6) is 1.72. The van der Waals surface area contributed by atoms with Crippen LogP contribution in [0.15, 0.2) is 41.5 Å². The van der Waals surface area contributed by atoms with Crippen molar-refractivity contribution in [2.45, 2.75) is 12.5 Å². The second kappa shape index (κ2) is 7.35. The largest absolute Gasteiger partial charge is 0.508 e. The van der Waals surface area contributed by atoms with Crippen molar-refractivity contribution < 1.29 is 24.1 Å². The van der Waals surface area contributed by atoms with Crippen LogP contribution in [-0.2, 0) is 4.79 Å². The minimum atomic E-state index is -0.234. The van der Waals surface area contributed by atoms with E-state index in [9.17, 15) is 9.90 Å². The highest BCUT2D eigenvalue weighted by Gasteiger charge is 2.29. The molecule has 136 valence electrons. The first-order valence-electron chi connectivity index (χ1n) is 8.01. The molecule has 0 saturated heterocycles. The van der Waals surface area contributed by atoms with E-state index in [1.165, 1.54) is 5.01 Å². The number of methoxy groups -OCH3 is 3. The molecule has 1 heterocycles. The number of benzene rings is 2. The van der Waals surface area contributed by atoms with Crippen LogP contribution in [-0.4, -0.2) is 43.6 Å². The summed E-state index contributed by atoms with van der Waals surface area (Å²) in [4.78, 5) is 11.5. The van der Waals surface area contributed by atoms with Gasteiger partial charge < -0.3 is 19.3 Å². The zero-order valence-corrected chi connectivity index (χ0v) is 14.8. The fourth-order valence-corrected chi connectivity index (χ4v) is 3.01. The third-order valence-corrected chi connectivity index (χ3v) is 4.33. The standard InChI is InChI=1S/C19H20N2O5/c1-24-17-8-13(9-18(25-2)19(17)26-3)15-10-16(21(11-22)20-15)12-4-6-14(23)7-5-12/h4-9,11,16,23H,10H2,1-3H3. The number of carbonyl (C=O) groups is 1. The molecule has 0 fully saturated rings. The molecule has 3 rings (SSSR count). The molecule has 1 N–H and O–H groups in total. The van der Waals surface area contributed by atoms with E-state index >= 15 is 0 Å². The Hall–Kier alpha value is -3.22. The van der Waals surface area contributed by atoms with Gasteiger partial charge in [0, 0.05) is 12.0 Å². The second-order valence-electron chi connectivity index (χ2n) is 5.76. The van der Waals surface area contributed by atoms with Crippen LogP contribution in [0.5, 0.6) is 23.0 Å². The maximum atomic E-state index is 11.5. The number of hydrogen-bond acceptors (Lipinski definition) is 6. The number of ether oxygens (including phenoxy) is 3. The van der Waals surface area contributed by atoms with E-state index in [-0.39, 0.29) is 11.8 Å². The minimum Gasteiger partial charge on any atom is -0.508 e. The third-order valence-electron chi connectivity index (χ3n) is 4.33. The topological polar surface area (TPSA) is 80.6 Å². The van der Waals surface area contributed by atoms with E-state index in [0.29, 0.717) is 30.1 Å². The number of phenols is 1. The third kappa shape index (κ3) is 3.15. The van der Waals surface area contributed by atoms with Crippen LogP contribution >= 0.6 is 0 Å². The molecule has 26 heavy (non-hydrogen) atoms. The van der Waals surface area contributed by atoms with Crippen molar-refractivity contribution in [1.82, 2.24) is 5.01 Å². The average molecular weight is 356 g/mol. The molecule has 0 bridgehead atoms. The Balaban J connectivity index is 1.97. The molecular formula is C19H20N2O5. The van der Waals surface area contributed by atoms with Crippen molar-refractivity contribution in [3.63, 3.8) is 0 Å².